The first-order valence-electron chi connectivity index (χ1n) is 5.94. The average Bonchev–Trinajstić information content (AvgIpc) is 2.33. The highest BCUT2D eigenvalue weighted by atomic mass is 79.9. The Bertz CT molecular complexity index is 618. The summed E-state index contributed by atoms with van der Waals surface area (Å²) in [6, 6.07) is 3.98. The highest BCUT2D eigenvalue weighted by Gasteiger charge is 2.10. The smallest absolute Gasteiger partial charge is 0.192 e. The van der Waals surface area contributed by atoms with Crippen molar-refractivity contribution < 1.29 is 0 Å². The first kappa shape index (κ1) is 14.3. The van der Waals surface area contributed by atoms with Crippen LogP contribution in [0.4, 0.5) is 5.69 Å². The van der Waals surface area contributed by atoms with Crippen LogP contribution >= 0.6 is 27.7 Å². The zero-order valence-corrected chi connectivity index (χ0v) is 13.8. The van der Waals surface area contributed by atoms with E-state index in [1.807, 2.05) is 33.8 Å². The van der Waals surface area contributed by atoms with Crippen LogP contribution in [0, 0.1) is 27.7 Å². The lowest BCUT2D eigenvalue weighted by atomic mass is 10.2. The second-order valence-corrected chi connectivity index (χ2v) is 6.41. The molecule has 1 heterocycles. The van der Waals surface area contributed by atoms with E-state index in [9.17, 15) is 0 Å². The topological polar surface area (TPSA) is 51.8 Å². The summed E-state index contributed by atoms with van der Waals surface area (Å²) in [4.78, 5) is 10.1. The second-order valence-electron chi connectivity index (χ2n) is 4.54. The van der Waals surface area contributed by atoms with Crippen molar-refractivity contribution in [3.63, 3.8) is 0 Å². The van der Waals surface area contributed by atoms with Crippen molar-refractivity contribution in [1.82, 2.24) is 9.97 Å². The lowest BCUT2D eigenvalue weighted by Gasteiger charge is -2.09. The Morgan fingerprint density at radius 2 is 1.63 bits per heavy atom. The molecule has 0 fully saturated rings. The van der Waals surface area contributed by atoms with E-state index < -0.39 is 0 Å². The molecule has 19 heavy (non-hydrogen) atoms. The van der Waals surface area contributed by atoms with Crippen LogP contribution in [0.15, 0.2) is 26.7 Å². The SMILES string of the molecule is Cc1cc(Sc2nc(C)c(C)c(C)n2)c(Br)cc1N. The van der Waals surface area contributed by atoms with Gasteiger partial charge < -0.3 is 5.73 Å². The Morgan fingerprint density at radius 1 is 1.05 bits per heavy atom. The maximum absolute atomic E-state index is 5.88. The monoisotopic (exact) mass is 337 g/mol. The molecule has 2 aromatic rings. The lowest BCUT2D eigenvalue weighted by Crippen LogP contribution is -1.98. The summed E-state index contributed by atoms with van der Waals surface area (Å²) in [5.74, 6) is 0. The third-order valence-corrected chi connectivity index (χ3v) is 4.98. The Labute approximate surface area is 126 Å². The van der Waals surface area contributed by atoms with E-state index in [1.165, 1.54) is 0 Å². The highest BCUT2D eigenvalue weighted by molar-refractivity contribution is 9.10. The molecule has 0 aliphatic carbocycles. The van der Waals surface area contributed by atoms with Gasteiger partial charge >= 0.3 is 0 Å². The van der Waals surface area contributed by atoms with Crippen LogP contribution in [-0.4, -0.2) is 9.97 Å². The number of hydrogen-bond acceptors (Lipinski definition) is 4. The van der Waals surface area contributed by atoms with E-state index in [2.05, 4.69) is 32.0 Å². The predicted octanol–water partition coefficient (Wildman–Crippen LogP) is 4.21. The first-order valence-corrected chi connectivity index (χ1v) is 7.54. The van der Waals surface area contributed by atoms with Crippen molar-refractivity contribution in [3.05, 3.63) is 39.1 Å². The van der Waals surface area contributed by atoms with Gasteiger partial charge in [-0.1, -0.05) is 0 Å². The molecular formula is C14H16BrN3S. The minimum atomic E-state index is 0.769. The van der Waals surface area contributed by atoms with Gasteiger partial charge in [0, 0.05) is 26.4 Å². The number of hydrogen-bond donors (Lipinski definition) is 1. The van der Waals surface area contributed by atoms with Gasteiger partial charge in [-0.3, -0.25) is 0 Å². The standard InChI is InChI=1S/C14H16BrN3S/c1-7-5-13(11(15)6-12(7)16)19-14-17-9(3)8(2)10(4)18-14/h5-6H,16H2,1-4H3. The number of rotatable bonds is 2. The summed E-state index contributed by atoms with van der Waals surface area (Å²) < 4.78 is 0.972. The molecule has 0 spiro atoms. The number of aromatic nitrogens is 2. The van der Waals surface area contributed by atoms with Gasteiger partial charge in [0.1, 0.15) is 0 Å². The van der Waals surface area contributed by atoms with Crippen LogP contribution in [0.25, 0.3) is 0 Å². The largest absolute Gasteiger partial charge is 0.398 e. The van der Waals surface area contributed by atoms with Gasteiger partial charge in [0.2, 0.25) is 0 Å². The minimum absolute atomic E-state index is 0.769. The van der Waals surface area contributed by atoms with Crippen molar-refractivity contribution >= 4 is 33.4 Å². The van der Waals surface area contributed by atoms with Gasteiger partial charge in [0.15, 0.2) is 5.16 Å². The molecule has 0 saturated heterocycles. The number of halogens is 1. The lowest BCUT2D eigenvalue weighted by molar-refractivity contribution is 0.880. The molecule has 0 atom stereocenters. The van der Waals surface area contributed by atoms with Crippen LogP contribution < -0.4 is 5.73 Å². The minimum Gasteiger partial charge on any atom is -0.398 e. The first-order chi connectivity index (χ1) is 8.88. The van der Waals surface area contributed by atoms with Gasteiger partial charge in [-0.25, -0.2) is 9.97 Å². The third kappa shape index (κ3) is 3.09. The fraction of sp³-hybridized carbons (Fsp3) is 0.286. The molecule has 1 aromatic heterocycles. The maximum Gasteiger partial charge on any atom is 0.192 e. The summed E-state index contributed by atoms with van der Waals surface area (Å²) in [5.41, 5.74) is 10.9. The molecule has 5 heteroatoms. The molecule has 0 unspecified atom stereocenters. The van der Waals surface area contributed by atoms with Crippen molar-refractivity contribution in [2.24, 2.45) is 0 Å². The molecule has 0 aliphatic rings. The summed E-state index contributed by atoms with van der Waals surface area (Å²) >= 11 is 5.08. The molecule has 1 aromatic carbocycles. The van der Waals surface area contributed by atoms with E-state index in [-0.39, 0.29) is 0 Å². The van der Waals surface area contributed by atoms with Gasteiger partial charge in [-0.15, -0.1) is 0 Å². The summed E-state index contributed by atoms with van der Waals surface area (Å²) in [7, 11) is 0. The van der Waals surface area contributed by atoms with Crippen LogP contribution in [-0.2, 0) is 0 Å². The Balaban J connectivity index is 2.39. The van der Waals surface area contributed by atoms with Crippen LogP contribution in [0.3, 0.4) is 0 Å². The fourth-order valence-electron chi connectivity index (χ4n) is 1.63. The number of anilines is 1. The zero-order chi connectivity index (χ0) is 14.2. The van der Waals surface area contributed by atoms with Crippen LogP contribution in [0.1, 0.15) is 22.5 Å². The molecule has 0 saturated carbocycles. The zero-order valence-electron chi connectivity index (χ0n) is 11.4. The van der Waals surface area contributed by atoms with Gasteiger partial charge in [-0.2, -0.15) is 0 Å². The van der Waals surface area contributed by atoms with E-state index in [4.69, 9.17) is 5.73 Å². The maximum atomic E-state index is 5.88. The fourth-order valence-corrected chi connectivity index (χ4v) is 3.19. The van der Waals surface area contributed by atoms with E-state index >= 15 is 0 Å². The quantitative estimate of drug-likeness (QED) is 0.658. The molecule has 0 bridgehead atoms. The second kappa shape index (κ2) is 5.51. The van der Waals surface area contributed by atoms with E-state index in [0.717, 1.165) is 42.7 Å². The van der Waals surface area contributed by atoms with Crippen molar-refractivity contribution in [2.45, 2.75) is 37.7 Å². The molecule has 0 aliphatic heterocycles. The normalized spacial score (nSPS) is 10.8. The molecule has 0 radical (unpaired) electrons. The van der Waals surface area contributed by atoms with Crippen molar-refractivity contribution in [1.29, 1.82) is 0 Å². The number of nitrogens with zero attached hydrogens (tertiary/aromatic N) is 2. The van der Waals surface area contributed by atoms with Crippen LogP contribution in [0.5, 0.6) is 0 Å². The number of nitrogens with two attached hydrogens (primary N) is 1. The third-order valence-electron chi connectivity index (χ3n) is 3.13. The Kier molecular flexibility index (Phi) is 4.16. The number of benzene rings is 1. The Morgan fingerprint density at radius 3 is 2.21 bits per heavy atom. The molecule has 2 N–H and O–H groups in total. The summed E-state index contributed by atoms with van der Waals surface area (Å²) in [6.45, 7) is 8.06. The van der Waals surface area contributed by atoms with Gasteiger partial charge in [-0.05, 0) is 78.6 Å². The van der Waals surface area contributed by atoms with Crippen LogP contribution in [0.2, 0.25) is 0 Å². The number of aryl methyl sites for hydroxylation is 3. The predicted molar refractivity (Wildman–Crippen MR) is 83.7 cm³/mol. The van der Waals surface area contributed by atoms with E-state index in [1.54, 1.807) is 11.8 Å². The summed E-state index contributed by atoms with van der Waals surface area (Å²) in [6.07, 6.45) is 0. The summed E-state index contributed by atoms with van der Waals surface area (Å²) in [5, 5.41) is 0.769. The van der Waals surface area contributed by atoms with Crippen molar-refractivity contribution in [3.8, 4) is 0 Å². The molecule has 3 nitrogen and oxygen atoms in total. The van der Waals surface area contributed by atoms with Crippen molar-refractivity contribution in [2.75, 3.05) is 5.73 Å². The van der Waals surface area contributed by atoms with Gasteiger partial charge in [0.25, 0.3) is 0 Å². The van der Waals surface area contributed by atoms with E-state index in [0.29, 0.717) is 0 Å². The molecule has 2 rings (SSSR count). The number of nitrogen functional groups attached to an aromatic ring is 1. The van der Waals surface area contributed by atoms with Gasteiger partial charge in [0.05, 0.1) is 0 Å². The average molecular weight is 338 g/mol. The molecule has 0 amide bonds. The molecular weight excluding hydrogens is 322 g/mol. The highest BCUT2D eigenvalue weighted by Crippen LogP contribution is 2.34. The Hall–Kier alpha value is -1.07. The molecule has 100 valence electrons.